The molecule has 2 aromatic rings. The molecule has 0 aliphatic carbocycles. The molecule has 2 aliphatic rings. The first kappa shape index (κ1) is 15.7. The number of hydrogen-bond acceptors (Lipinski definition) is 3. The van der Waals surface area contributed by atoms with Crippen molar-refractivity contribution in [2.75, 3.05) is 0 Å². The topological polar surface area (TPSA) is 66.2 Å². The Morgan fingerprint density at radius 1 is 0.920 bits per heavy atom. The number of benzene rings is 2. The van der Waals surface area contributed by atoms with Gasteiger partial charge in [0.15, 0.2) is 0 Å². The number of carbonyl (C=O) groups excluding carboxylic acids is 1. The summed E-state index contributed by atoms with van der Waals surface area (Å²) in [6.45, 7) is 0. The lowest BCUT2D eigenvalue weighted by Gasteiger charge is -2.24. The number of halogens is 1. The number of rotatable bonds is 2. The van der Waals surface area contributed by atoms with Gasteiger partial charge in [-0.05, 0) is 17.7 Å². The van der Waals surface area contributed by atoms with Crippen LogP contribution in [0.3, 0.4) is 0 Å². The maximum absolute atomic E-state index is 12.1. The van der Waals surface area contributed by atoms with Crippen molar-refractivity contribution in [1.82, 2.24) is 5.32 Å². The maximum Gasteiger partial charge on any atom is 0.341 e. The van der Waals surface area contributed by atoms with E-state index in [2.05, 4.69) is 15.3 Å². The molecule has 6 heteroatoms. The predicted molar refractivity (Wildman–Crippen MR) is 101 cm³/mol. The van der Waals surface area contributed by atoms with Crippen LogP contribution in [0, 0.1) is 0 Å². The molecule has 0 aromatic heterocycles. The van der Waals surface area contributed by atoms with Gasteiger partial charge < -0.3 is 5.32 Å². The van der Waals surface area contributed by atoms with Crippen molar-refractivity contribution in [1.29, 1.82) is 0 Å². The smallest absolute Gasteiger partial charge is 0.328 e. The molecular formula is C19H15ClN4O. The number of fused-ring (bicyclic) bond motifs is 1. The van der Waals surface area contributed by atoms with Crippen molar-refractivity contribution >= 4 is 45.6 Å². The van der Waals surface area contributed by atoms with E-state index in [1.54, 1.807) is 0 Å². The third-order valence-electron chi connectivity index (χ3n) is 4.16. The summed E-state index contributed by atoms with van der Waals surface area (Å²) in [5, 5.41) is 3.35. The number of aliphatic imine (C=N–C) groups is 3. The molecule has 25 heavy (non-hydrogen) atoms. The lowest BCUT2D eigenvalue weighted by atomic mass is 9.97. The standard InChI is InChI=1S/C19H15ClN4O/c20-18-11-17(21-13-8-4-5-9-14(13)22-18)16-10-15(23-19(25)24-16)12-6-2-1-3-7-12/h1-9,16H,10-11H2,(H,24,25). The largest absolute Gasteiger partial charge is 0.341 e. The van der Waals surface area contributed by atoms with Gasteiger partial charge in [0.1, 0.15) is 5.17 Å². The highest BCUT2D eigenvalue weighted by Crippen LogP contribution is 2.32. The zero-order chi connectivity index (χ0) is 17.2. The summed E-state index contributed by atoms with van der Waals surface area (Å²) in [7, 11) is 0. The van der Waals surface area contributed by atoms with Crippen LogP contribution in [0.1, 0.15) is 18.4 Å². The molecule has 4 rings (SSSR count). The van der Waals surface area contributed by atoms with Gasteiger partial charge in [-0.15, -0.1) is 0 Å². The van der Waals surface area contributed by atoms with Crippen LogP contribution in [0.15, 0.2) is 69.6 Å². The molecule has 2 aliphatic heterocycles. The molecule has 0 saturated carbocycles. The highest BCUT2D eigenvalue weighted by molar-refractivity contribution is 6.67. The van der Waals surface area contributed by atoms with Crippen LogP contribution >= 0.6 is 11.6 Å². The summed E-state index contributed by atoms with van der Waals surface area (Å²) < 4.78 is 0. The number of nitrogens with one attached hydrogen (secondary N) is 1. The number of amides is 2. The molecule has 0 bridgehead atoms. The van der Waals surface area contributed by atoms with Gasteiger partial charge in [-0.3, -0.25) is 4.99 Å². The molecule has 2 heterocycles. The van der Waals surface area contributed by atoms with E-state index in [0.717, 1.165) is 28.4 Å². The fourth-order valence-electron chi connectivity index (χ4n) is 2.98. The number of nitrogens with zero attached hydrogens (tertiary/aromatic N) is 3. The fourth-order valence-corrected chi connectivity index (χ4v) is 3.20. The maximum atomic E-state index is 12.1. The van der Waals surface area contributed by atoms with Crippen LogP contribution in [0.25, 0.3) is 0 Å². The Balaban J connectivity index is 1.69. The second-order valence-electron chi connectivity index (χ2n) is 5.89. The zero-order valence-electron chi connectivity index (χ0n) is 13.3. The van der Waals surface area contributed by atoms with E-state index in [-0.39, 0.29) is 12.1 Å². The van der Waals surface area contributed by atoms with Crippen molar-refractivity contribution in [2.24, 2.45) is 15.0 Å². The third kappa shape index (κ3) is 3.37. The van der Waals surface area contributed by atoms with Gasteiger partial charge in [-0.1, -0.05) is 54.1 Å². The second kappa shape index (κ2) is 6.61. The molecule has 124 valence electrons. The van der Waals surface area contributed by atoms with Crippen LogP contribution in [0.2, 0.25) is 0 Å². The molecule has 0 spiro atoms. The van der Waals surface area contributed by atoms with Crippen LogP contribution in [-0.4, -0.2) is 28.7 Å². The van der Waals surface area contributed by atoms with E-state index in [1.165, 1.54) is 0 Å². The summed E-state index contributed by atoms with van der Waals surface area (Å²) in [5.41, 5.74) is 3.97. The van der Waals surface area contributed by atoms with Gasteiger partial charge in [-0.25, -0.2) is 9.79 Å². The average molecular weight is 351 g/mol. The molecule has 1 unspecified atom stereocenters. The first-order valence-corrected chi connectivity index (χ1v) is 8.40. The normalized spacial score (nSPS) is 19.8. The molecule has 0 saturated heterocycles. The number of urea groups is 1. The molecule has 2 aromatic carbocycles. The van der Waals surface area contributed by atoms with Gasteiger partial charge in [0.25, 0.3) is 0 Å². The highest BCUT2D eigenvalue weighted by Gasteiger charge is 2.28. The fraction of sp³-hybridized carbons (Fsp3) is 0.158. The monoisotopic (exact) mass is 350 g/mol. The van der Waals surface area contributed by atoms with E-state index < -0.39 is 0 Å². The second-order valence-corrected chi connectivity index (χ2v) is 6.32. The Kier molecular flexibility index (Phi) is 4.15. The van der Waals surface area contributed by atoms with E-state index in [1.807, 2.05) is 54.6 Å². The Hall–Kier alpha value is -2.79. The van der Waals surface area contributed by atoms with Crippen LogP contribution in [-0.2, 0) is 0 Å². The van der Waals surface area contributed by atoms with Gasteiger partial charge in [0, 0.05) is 18.6 Å². The quantitative estimate of drug-likeness (QED) is 0.856. The Labute approximate surface area is 150 Å². The summed E-state index contributed by atoms with van der Waals surface area (Å²) in [6, 6.07) is 16.7. The number of hydrogen-bond donors (Lipinski definition) is 1. The molecule has 0 radical (unpaired) electrons. The predicted octanol–water partition coefficient (Wildman–Crippen LogP) is 4.40. The van der Waals surface area contributed by atoms with Gasteiger partial charge >= 0.3 is 6.03 Å². The van der Waals surface area contributed by atoms with Crippen LogP contribution < -0.4 is 5.32 Å². The minimum Gasteiger partial charge on any atom is -0.328 e. The average Bonchev–Trinajstić information content (AvgIpc) is 2.80. The third-order valence-corrected chi connectivity index (χ3v) is 4.37. The van der Waals surface area contributed by atoms with Crippen molar-refractivity contribution in [3.63, 3.8) is 0 Å². The SMILES string of the molecule is O=C1N=C(c2ccccc2)CC(C2=Nc3ccccc3N=C(Cl)C2)N1. The summed E-state index contributed by atoms with van der Waals surface area (Å²) in [5.74, 6) is 0. The molecule has 2 amide bonds. The minimum absolute atomic E-state index is 0.254. The van der Waals surface area contributed by atoms with Gasteiger partial charge in [-0.2, -0.15) is 4.99 Å². The number of carbonyl (C=O) groups is 1. The molecule has 5 nitrogen and oxygen atoms in total. The minimum atomic E-state index is -0.358. The Morgan fingerprint density at radius 3 is 2.36 bits per heavy atom. The van der Waals surface area contributed by atoms with Crippen molar-refractivity contribution < 1.29 is 4.79 Å². The van der Waals surface area contributed by atoms with Gasteiger partial charge in [0.2, 0.25) is 0 Å². The van der Waals surface area contributed by atoms with Crippen LogP contribution in [0.5, 0.6) is 0 Å². The summed E-state index contributed by atoms with van der Waals surface area (Å²) >= 11 is 6.28. The molecule has 0 fully saturated rings. The van der Waals surface area contributed by atoms with E-state index >= 15 is 0 Å². The molecule has 1 atom stereocenters. The Morgan fingerprint density at radius 2 is 1.60 bits per heavy atom. The first-order chi connectivity index (χ1) is 12.2. The zero-order valence-corrected chi connectivity index (χ0v) is 14.1. The number of para-hydroxylation sites is 2. The van der Waals surface area contributed by atoms with E-state index in [0.29, 0.717) is 18.0 Å². The molecular weight excluding hydrogens is 336 g/mol. The lowest BCUT2D eigenvalue weighted by molar-refractivity contribution is 0.247. The van der Waals surface area contributed by atoms with Gasteiger partial charge in [0.05, 0.1) is 23.1 Å². The van der Waals surface area contributed by atoms with Crippen LogP contribution in [0.4, 0.5) is 16.2 Å². The lowest BCUT2D eigenvalue weighted by Crippen LogP contribution is -2.45. The molecule has 1 N–H and O–H groups in total. The first-order valence-electron chi connectivity index (χ1n) is 8.02. The van der Waals surface area contributed by atoms with E-state index in [9.17, 15) is 4.79 Å². The van der Waals surface area contributed by atoms with Crippen molar-refractivity contribution in [3.8, 4) is 0 Å². The highest BCUT2D eigenvalue weighted by atomic mass is 35.5. The van der Waals surface area contributed by atoms with Crippen molar-refractivity contribution in [2.45, 2.75) is 18.9 Å². The summed E-state index contributed by atoms with van der Waals surface area (Å²) in [6.07, 6.45) is 0.976. The summed E-state index contributed by atoms with van der Waals surface area (Å²) in [4.78, 5) is 25.4. The Bertz CT molecular complexity index is 918. The van der Waals surface area contributed by atoms with E-state index in [4.69, 9.17) is 16.6 Å². The van der Waals surface area contributed by atoms with Crippen molar-refractivity contribution in [3.05, 3.63) is 60.2 Å².